The number of benzene rings is 1. The van der Waals surface area contributed by atoms with Crippen LogP contribution in [-0.2, 0) is 0 Å². The van der Waals surface area contributed by atoms with E-state index in [1.54, 1.807) is 17.8 Å². The van der Waals surface area contributed by atoms with Crippen molar-refractivity contribution < 1.29 is 9.32 Å². The van der Waals surface area contributed by atoms with E-state index < -0.39 is 0 Å². The Bertz CT molecular complexity index is 617. The number of carbonyl (C=O) groups is 1. The highest BCUT2D eigenvalue weighted by Crippen LogP contribution is 2.40. The Hall–Kier alpha value is -1.75. The van der Waals surface area contributed by atoms with Crippen molar-refractivity contribution in [2.24, 2.45) is 0 Å². The van der Waals surface area contributed by atoms with Crippen LogP contribution in [0, 0.1) is 6.92 Å². The van der Waals surface area contributed by atoms with Gasteiger partial charge in [-0.3, -0.25) is 4.79 Å². The lowest BCUT2D eigenvalue weighted by atomic mass is 10.2. The standard InChI is InChI=1S/C16H18N2O2S/c1-11-2-6-13(7-3-11)21-9-8-17-16(19)14-10-15(20-18-14)12-4-5-12/h2-3,6-7,10,12H,4-5,8-9H2,1H3,(H,17,19). The van der Waals surface area contributed by atoms with Gasteiger partial charge in [0, 0.05) is 29.2 Å². The van der Waals surface area contributed by atoms with E-state index in [4.69, 9.17) is 4.52 Å². The van der Waals surface area contributed by atoms with Crippen molar-refractivity contribution in [1.29, 1.82) is 0 Å². The topological polar surface area (TPSA) is 55.1 Å². The first-order chi connectivity index (χ1) is 10.2. The van der Waals surface area contributed by atoms with Gasteiger partial charge in [0.15, 0.2) is 5.69 Å². The monoisotopic (exact) mass is 302 g/mol. The molecule has 0 bridgehead atoms. The van der Waals surface area contributed by atoms with Crippen LogP contribution in [0.25, 0.3) is 0 Å². The molecule has 0 unspecified atom stereocenters. The predicted octanol–water partition coefficient (Wildman–Crippen LogP) is 3.38. The maximum atomic E-state index is 11.9. The Morgan fingerprint density at radius 1 is 1.38 bits per heavy atom. The van der Waals surface area contributed by atoms with E-state index in [1.165, 1.54) is 10.5 Å². The van der Waals surface area contributed by atoms with E-state index in [0.29, 0.717) is 18.2 Å². The number of thioether (sulfide) groups is 1. The molecule has 1 N–H and O–H groups in total. The third kappa shape index (κ3) is 3.88. The molecular weight excluding hydrogens is 284 g/mol. The SMILES string of the molecule is Cc1ccc(SCCNC(=O)c2cc(C3CC3)on2)cc1. The highest BCUT2D eigenvalue weighted by molar-refractivity contribution is 7.99. The molecule has 21 heavy (non-hydrogen) atoms. The summed E-state index contributed by atoms with van der Waals surface area (Å²) in [6.45, 7) is 2.69. The number of amides is 1. The van der Waals surface area contributed by atoms with E-state index >= 15 is 0 Å². The fourth-order valence-electron chi connectivity index (χ4n) is 2.02. The molecule has 2 aromatic rings. The zero-order valence-corrected chi connectivity index (χ0v) is 12.8. The highest BCUT2D eigenvalue weighted by atomic mass is 32.2. The van der Waals surface area contributed by atoms with Gasteiger partial charge in [-0.25, -0.2) is 0 Å². The molecule has 3 rings (SSSR count). The molecular formula is C16H18N2O2S. The summed E-state index contributed by atoms with van der Waals surface area (Å²) in [5.74, 6) is 2.00. The van der Waals surface area contributed by atoms with Crippen molar-refractivity contribution in [2.45, 2.75) is 30.6 Å². The predicted molar refractivity (Wildman–Crippen MR) is 82.7 cm³/mol. The molecule has 1 aliphatic carbocycles. The molecule has 1 aromatic carbocycles. The normalized spacial score (nSPS) is 14.1. The molecule has 0 aliphatic heterocycles. The molecule has 1 aliphatic rings. The number of nitrogens with one attached hydrogen (secondary N) is 1. The van der Waals surface area contributed by atoms with Crippen LogP contribution in [0.2, 0.25) is 0 Å². The molecule has 1 aromatic heterocycles. The van der Waals surface area contributed by atoms with Crippen molar-refractivity contribution in [3.05, 3.63) is 47.3 Å². The van der Waals surface area contributed by atoms with E-state index in [1.807, 2.05) is 0 Å². The number of nitrogens with zero attached hydrogens (tertiary/aromatic N) is 1. The molecule has 1 heterocycles. The average Bonchev–Trinajstić information content (AvgIpc) is 3.22. The lowest BCUT2D eigenvalue weighted by molar-refractivity contribution is 0.0947. The summed E-state index contributed by atoms with van der Waals surface area (Å²) in [5.41, 5.74) is 1.64. The van der Waals surface area contributed by atoms with Crippen LogP contribution < -0.4 is 5.32 Å². The summed E-state index contributed by atoms with van der Waals surface area (Å²) >= 11 is 1.73. The minimum absolute atomic E-state index is 0.157. The van der Waals surface area contributed by atoms with E-state index in [2.05, 4.69) is 41.7 Å². The van der Waals surface area contributed by atoms with Gasteiger partial charge in [-0.15, -0.1) is 11.8 Å². The Morgan fingerprint density at radius 2 is 2.14 bits per heavy atom. The van der Waals surface area contributed by atoms with Gasteiger partial charge >= 0.3 is 0 Å². The lowest BCUT2D eigenvalue weighted by Gasteiger charge is -2.03. The quantitative estimate of drug-likeness (QED) is 0.656. The molecule has 0 saturated heterocycles. The Morgan fingerprint density at radius 3 is 2.86 bits per heavy atom. The van der Waals surface area contributed by atoms with Gasteiger partial charge in [0.1, 0.15) is 5.76 Å². The number of hydrogen-bond acceptors (Lipinski definition) is 4. The molecule has 1 fully saturated rings. The second-order valence-electron chi connectivity index (χ2n) is 5.31. The van der Waals surface area contributed by atoms with Crippen molar-refractivity contribution in [3.8, 4) is 0 Å². The zero-order valence-electron chi connectivity index (χ0n) is 12.0. The van der Waals surface area contributed by atoms with E-state index in [0.717, 1.165) is 24.4 Å². The van der Waals surface area contributed by atoms with Gasteiger partial charge in [0.2, 0.25) is 0 Å². The third-order valence-electron chi connectivity index (χ3n) is 3.42. The minimum atomic E-state index is -0.157. The Labute approximate surface area is 128 Å². The van der Waals surface area contributed by atoms with Crippen molar-refractivity contribution >= 4 is 17.7 Å². The molecule has 0 spiro atoms. The van der Waals surface area contributed by atoms with Crippen LogP contribution in [0.3, 0.4) is 0 Å². The second kappa shape index (κ2) is 6.35. The first-order valence-corrected chi connectivity index (χ1v) is 8.15. The van der Waals surface area contributed by atoms with Crippen LogP contribution in [0.1, 0.15) is 40.6 Å². The Balaban J connectivity index is 1.41. The number of aryl methyl sites for hydroxylation is 1. The number of hydrogen-bond donors (Lipinski definition) is 1. The van der Waals surface area contributed by atoms with Gasteiger partial charge < -0.3 is 9.84 Å². The Kier molecular flexibility index (Phi) is 4.29. The van der Waals surface area contributed by atoms with E-state index in [9.17, 15) is 4.79 Å². The molecule has 0 radical (unpaired) electrons. The number of carbonyl (C=O) groups excluding carboxylic acids is 1. The van der Waals surface area contributed by atoms with Crippen LogP contribution in [0.5, 0.6) is 0 Å². The van der Waals surface area contributed by atoms with Crippen LogP contribution in [0.4, 0.5) is 0 Å². The summed E-state index contributed by atoms with van der Waals surface area (Å²) in [6, 6.07) is 10.1. The van der Waals surface area contributed by atoms with Gasteiger partial charge in [-0.05, 0) is 31.9 Å². The maximum Gasteiger partial charge on any atom is 0.273 e. The van der Waals surface area contributed by atoms with Crippen molar-refractivity contribution in [3.63, 3.8) is 0 Å². The van der Waals surface area contributed by atoms with Crippen LogP contribution in [0.15, 0.2) is 39.8 Å². The fraction of sp³-hybridized carbons (Fsp3) is 0.375. The molecule has 1 amide bonds. The van der Waals surface area contributed by atoms with Gasteiger partial charge in [0.25, 0.3) is 5.91 Å². The smallest absolute Gasteiger partial charge is 0.273 e. The van der Waals surface area contributed by atoms with Crippen molar-refractivity contribution in [1.82, 2.24) is 10.5 Å². The summed E-state index contributed by atoms with van der Waals surface area (Å²) in [4.78, 5) is 13.1. The van der Waals surface area contributed by atoms with Crippen LogP contribution >= 0.6 is 11.8 Å². The summed E-state index contributed by atoms with van der Waals surface area (Å²) in [6.07, 6.45) is 2.28. The first kappa shape index (κ1) is 14.2. The number of rotatable bonds is 6. The highest BCUT2D eigenvalue weighted by Gasteiger charge is 2.28. The van der Waals surface area contributed by atoms with E-state index in [-0.39, 0.29) is 5.91 Å². The summed E-state index contributed by atoms with van der Waals surface area (Å²) in [7, 11) is 0. The fourth-order valence-corrected chi connectivity index (χ4v) is 2.78. The van der Waals surface area contributed by atoms with Crippen molar-refractivity contribution in [2.75, 3.05) is 12.3 Å². The largest absolute Gasteiger partial charge is 0.360 e. The van der Waals surface area contributed by atoms with Crippen LogP contribution in [-0.4, -0.2) is 23.4 Å². The lowest BCUT2D eigenvalue weighted by Crippen LogP contribution is -2.25. The molecule has 110 valence electrons. The zero-order chi connectivity index (χ0) is 14.7. The summed E-state index contributed by atoms with van der Waals surface area (Å²) in [5, 5.41) is 6.70. The molecule has 5 heteroatoms. The van der Waals surface area contributed by atoms with Gasteiger partial charge in [-0.2, -0.15) is 0 Å². The van der Waals surface area contributed by atoms with Gasteiger partial charge in [-0.1, -0.05) is 22.9 Å². The molecule has 1 saturated carbocycles. The number of aromatic nitrogens is 1. The molecule has 4 nitrogen and oxygen atoms in total. The third-order valence-corrected chi connectivity index (χ3v) is 4.43. The molecule has 0 atom stereocenters. The second-order valence-corrected chi connectivity index (χ2v) is 6.47. The average molecular weight is 302 g/mol. The minimum Gasteiger partial charge on any atom is -0.360 e. The first-order valence-electron chi connectivity index (χ1n) is 7.16. The summed E-state index contributed by atoms with van der Waals surface area (Å²) < 4.78 is 5.18. The maximum absolute atomic E-state index is 11.9. The van der Waals surface area contributed by atoms with Gasteiger partial charge in [0.05, 0.1) is 0 Å².